The minimum absolute atomic E-state index is 0.0846. The van der Waals surface area contributed by atoms with E-state index >= 15 is 0 Å². The van der Waals surface area contributed by atoms with Crippen LogP contribution in [0.4, 0.5) is 4.39 Å². The first kappa shape index (κ1) is 18.8. The number of hydrogen-bond acceptors (Lipinski definition) is 4. The normalized spacial score (nSPS) is 12.4. The molecule has 7 heteroatoms. The van der Waals surface area contributed by atoms with Crippen LogP contribution < -0.4 is 10.1 Å². The number of fused-ring (bicyclic) bond motifs is 1. The second-order valence-corrected chi connectivity index (χ2v) is 6.69. The van der Waals surface area contributed by atoms with Crippen molar-refractivity contribution in [2.24, 2.45) is 5.92 Å². The van der Waals surface area contributed by atoms with E-state index in [-0.39, 0.29) is 30.3 Å². The molecule has 1 amide bonds. The molecule has 1 unspecified atom stereocenters. The summed E-state index contributed by atoms with van der Waals surface area (Å²) in [6, 6.07) is 9.04. The molecule has 3 N–H and O–H groups in total. The fraction of sp³-hybridized carbons (Fsp3) is 0.300. The Kier molecular flexibility index (Phi) is 5.41. The molecule has 0 saturated heterocycles. The lowest BCUT2D eigenvalue weighted by molar-refractivity contribution is 0.0896. The average molecular weight is 371 g/mol. The molecule has 0 saturated carbocycles. The van der Waals surface area contributed by atoms with Crippen LogP contribution in [0.15, 0.2) is 36.4 Å². The zero-order chi connectivity index (χ0) is 19.6. The van der Waals surface area contributed by atoms with Gasteiger partial charge >= 0.3 is 0 Å². The number of carbonyl (C=O) groups is 1. The average Bonchev–Trinajstić information content (AvgIpc) is 3.08. The number of H-pyrrole nitrogens is 1. The monoisotopic (exact) mass is 371 g/mol. The maximum Gasteiger partial charge on any atom is 0.251 e. The molecule has 1 atom stereocenters. The number of methoxy groups -OCH3 is 1. The van der Waals surface area contributed by atoms with Gasteiger partial charge in [0.15, 0.2) is 0 Å². The Morgan fingerprint density at radius 1 is 1.33 bits per heavy atom. The molecule has 0 aliphatic rings. The van der Waals surface area contributed by atoms with Gasteiger partial charge in [0.05, 0.1) is 19.8 Å². The SMILES string of the molecule is COc1cc(C(=O)NC(CO)C(C)C)cc2c(-c3cccc(F)c3)n[nH]c12. The van der Waals surface area contributed by atoms with Crippen molar-refractivity contribution in [3.05, 3.63) is 47.8 Å². The second kappa shape index (κ2) is 7.75. The number of carbonyl (C=O) groups excluding carboxylic acids is 1. The highest BCUT2D eigenvalue weighted by Crippen LogP contribution is 2.33. The lowest BCUT2D eigenvalue weighted by Crippen LogP contribution is -2.41. The third-order valence-electron chi connectivity index (χ3n) is 4.53. The molecule has 1 aromatic heterocycles. The summed E-state index contributed by atoms with van der Waals surface area (Å²) < 4.78 is 19.0. The van der Waals surface area contributed by atoms with Crippen molar-refractivity contribution >= 4 is 16.8 Å². The zero-order valence-electron chi connectivity index (χ0n) is 15.4. The van der Waals surface area contributed by atoms with E-state index in [1.54, 1.807) is 24.3 Å². The number of nitrogens with zero attached hydrogens (tertiary/aromatic N) is 1. The molecule has 0 radical (unpaired) electrons. The van der Waals surface area contributed by atoms with E-state index in [0.29, 0.717) is 33.5 Å². The number of aliphatic hydroxyl groups excluding tert-OH is 1. The van der Waals surface area contributed by atoms with E-state index in [0.717, 1.165) is 0 Å². The highest BCUT2D eigenvalue weighted by atomic mass is 19.1. The third kappa shape index (κ3) is 3.78. The van der Waals surface area contributed by atoms with E-state index in [9.17, 15) is 14.3 Å². The summed E-state index contributed by atoms with van der Waals surface area (Å²) in [5.74, 6) is -0.152. The van der Waals surface area contributed by atoms with Gasteiger partial charge in [-0.1, -0.05) is 26.0 Å². The van der Waals surface area contributed by atoms with Crippen LogP contribution in [-0.4, -0.2) is 41.0 Å². The highest BCUT2D eigenvalue weighted by Gasteiger charge is 2.20. The Morgan fingerprint density at radius 2 is 2.11 bits per heavy atom. The Morgan fingerprint density at radius 3 is 2.74 bits per heavy atom. The standard InChI is InChI=1S/C20H22FN3O3/c1-11(2)16(10-25)22-20(26)13-8-15-18(12-5-4-6-14(21)7-12)23-24-19(15)17(9-13)27-3/h4-9,11,16,25H,10H2,1-3H3,(H,22,26)(H,23,24). The molecule has 142 valence electrons. The number of hydrogen-bond donors (Lipinski definition) is 3. The Labute approximate surface area is 156 Å². The predicted octanol–water partition coefficient (Wildman–Crippen LogP) is 3.12. The number of amides is 1. The Hall–Kier alpha value is -2.93. The lowest BCUT2D eigenvalue weighted by atomic mass is 10.0. The fourth-order valence-corrected chi connectivity index (χ4v) is 2.91. The third-order valence-corrected chi connectivity index (χ3v) is 4.53. The maximum atomic E-state index is 13.6. The molecule has 1 heterocycles. The number of aromatic nitrogens is 2. The molecule has 0 aliphatic carbocycles. The number of rotatable bonds is 6. The largest absolute Gasteiger partial charge is 0.494 e. The van der Waals surface area contributed by atoms with E-state index in [2.05, 4.69) is 15.5 Å². The molecule has 3 aromatic rings. The van der Waals surface area contributed by atoms with E-state index < -0.39 is 0 Å². The van der Waals surface area contributed by atoms with E-state index in [4.69, 9.17) is 4.74 Å². The predicted molar refractivity (Wildman–Crippen MR) is 101 cm³/mol. The van der Waals surface area contributed by atoms with Crippen LogP contribution in [0.5, 0.6) is 5.75 Å². The van der Waals surface area contributed by atoms with Crippen molar-refractivity contribution in [2.75, 3.05) is 13.7 Å². The smallest absolute Gasteiger partial charge is 0.251 e. The number of ether oxygens (including phenoxy) is 1. The van der Waals surface area contributed by atoms with Gasteiger partial charge in [-0.15, -0.1) is 0 Å². The van der Waals surface area contributed by atoms with Gasteiger partial charge in [0, 0.05) is 16.5 Å². The first-order chi connectivity index (χ1) is 12.9. The molecular weight excluding hydrogens is 349 g/mol. The first-order valence-electron chi connectivity index (χ1n) is 8.68. The summed E-state index contributed by atoms with van der Waals surface area (Å²) in [6.45, 7) is 3.69. The van der Waals surface area contributed by atoms with Crippen molar-refractivity contribution < 1.29 is 19.0 Å². The lowest BCUT2D eigenvalue weighted by Gasteiger charge is -2.20. The van der Waals surface area contributed by atoms with Crippen molar-refractivity contribution in [2.45, 2.75) is 19.9 Å². The summed E-state index contributed by atoms with van der Waals surface area (Å²) >= 11 is 0. The topological polar surface area (TPSA) is 87.2 Å². The van der Waals surface area contributed by atoms with Gasteiger partial charge in [-0.05, 0) is 30.2 Å². The number of halogens is 1. The van der Waals surface area contributed by atoms with Crippen LogP contribution in [0.3, 0.4) is 0 Å². The summed E-state index contributed by atoms with van der Waals surface area (Å²) in [7, 11) is 1.50. The number of nitrogens with one attached hydrogen (secondary N) is 2. The summed E-state index contributed by atoms with van der Waals surface area (Å²) in [4.78, 5) is 12.7. The van der Waals surface area contributed by atoms with Crippen molar-refractivity contribution in [3.63, 3.8) is 0 Å². The molecule has 3 rings (SSSR count). The summed E-state index contributed by atoms with van der Waals surface area (Å²) in [6.07, 6.45) is 0. The maximum absolute atomic E-state index is 13.6. The molecule has 6 nitrogen and oxygen atoms in total. The summed E-state index contributed by atoms with van der Waals surface area (Å²) in [5, 5.41) is 20.1. The Balaban J connectivity index is 2.07. The van der Waals surface area contributed by atoms with Crippen LogP contribution in [-0.2, 0) is 0 Å². The van der Waals surface area contributed by atoms with Crippen LogP contribution in [0, 0.1) is 11.7 Å². The van der Waals surface area contributed by atoms with Crippen LogP contribution in [0.1, 0.15) is 24.2 Å². The molecule has 0 fully saturated rings. The highest BCUT2D eigenvalue weighted by molar-refractivity contribution is 6.03. The number of aliphatic hydroxyl groups is 1. The molecule has 0 aliphatic heterocycles. The molecule has 0 bridgehead atoms. The van der Waals surface area contributed by atoms with Crippen molar-refractivity contribution in [1.29, 1.82) is 0 Å². The van der Waals surface area contributed by atoms with Gasteiger partial charge in [-0.2, -0.15) is 5.10 Å². The van der Waals surface area contributed by atoms with Gasteiger partial charge < -0.3 is 15.2 Å². The Bertz CT molecular complexity index is 968. The minimum Gasteiger partial charge on any atom is -0.494 e. The van der Waals surface area contributed by atoms with Crippen LogP contribution in [0.2, 0.25) is 0 Å². The second-order valence-electron chi connectivity index (χ2n) is 6.69. The summed E-state index contributed by atoms with van der Waals surface area (Å²) in [5.41, 5.74) is 2.12. The molecular formula is C20H22FN3O3. The van der Waals surface area contributed by atoms with Gasteiger partial charge in [0.25, 0.3) is 5.91 Å². The quantitative estimate of drug-likeness (QED) is 0.621. The van der Waals surface area contributed by atoms with Gasteiger partial charge in [-0.3, -0.25) is 9.89 Å². The number of benzene rings is 2. The van der Waals surface area contributed by atoms with Gasteiger partial charge in [0.2, 0.25) is 0 Å². The van der Waals surface area contributed by atoms with Gasteiger partial charge in [0.1, 0.15) is 22.8 Å². The van der Waals surface area contributed by atoms with E-state index in [1.165, 1.54) is 19.2 Å². The van der Waals surface area contributed by atoms with Crippen molar-refractivity contribution in [3.8, 4) is 17.0 Å². The fourth-order valence-electron chi connectivity index (χ4n) is 2.91. The minimum atomic E-state index is -0.368. The van der Waals surface area contributed by atoms with Gasteiger partial charge in [-0.25, -0.2) is 4.39 Å². The van der Waals surface area contributed by atoms with Crippen LogP contribution in [0.25, 0.3) is 22.2 Å². The van der Waals surface area contributed by atoms with Crippen LogP contribution >= 0.6 is 0 Å². The molecule has 27 heavy (non-hydrogen) atoms. The molecule has 2 aromatic carbocycles. The molecule has 0 spiro atoms. The number of aromatic amines is 1. The van der Waals surface area contributed by atoms with E-state index in [1.807, 2.05) is 13.8 Å². The van der Waals surface area contributed by atoms with Crippen molar-refractivity contribution in [1.82, 2.24) is 15.5 Å². The zero-order valence-corrected chi connectivity index (χ0v) is 15.4. The first-order valence-corrected chi connectivity index (χ1v) is 8.68.